The highest BCUT2D eigenvalue weighted by molar-refractivity contribution is 5.89. The zero-order valence-electron chi connectivity index (χ0n) is 9.42. The molecule has 0 saturated heterocycles. The molecule has 18 heavy (non-hydrogen) atoms. The van der Waals surface area contributed by atoms with E-state index in [4.69, 9.17) is 0 Å². The van der Waals surface area contributed by atoms with Gasteiger partial charge in [0.25, 0.3) is 0 Å². The first-order chi connectivity index (χ1) is 8.88. The van der Waals surface area contributed by atoms with E-state index in [-0.39, 0.29) is 0 Å². The number of nitrogens with zero attached hydrogens (tertiary/aromatic N) is 2. The number of aldehydes is 1. The molecule has 0 aliphatic carbocycles. The maximum Gasteiger partial charge on any atom is 0.150 e. The van der Waals surface area contributed by atoms with Gasteiger partial charge in [-0.1, -0.05) is 12.1 Å². The third kappa shape index (κ3) is 1.71. The van der Waals surface area contributed by atoms with Gasteiger partial charge in [0.15, 0.2) is 6.29 Å². The molecule has 0 saturated carbocycles. The van der Waals surface area contributed by atoms with E-state index in [1.54, 1.807) is 24.8 Å². The molecule has 2 N–H and O–H groups in total. The Morgan fingerprint density at radius 3 is 2.28 bits per heavy atom. The zero-order chi connectivity index (χ0) is 12.4. The van der Waals surface area contributed by atoms with E-state index in [1.165, 1.54) is 0 Å². The van der Waals surface area contributed by atoms with Crippen molar-refractivity contribution in [2.45, 2.75) is 0 Å². The maximum absolute atomic E-state index is 11.2. The van der Waals surface area contributed by atoms with E-state index in [1.807, 2.05) is 18.2 Å². The largest absolute Gasteiger partial charge is 0.298 e. The Hall–Kier alpha value is -2.69. The maximum atomic E-state index is 11.2. The number of aromatic amines is 2. The Kier molecular flexibility index (Phi) is 2.49. The first-order valence-electron chi connectivity index (χ1n) is 5.46. The average Bonchev–Trinajstić information content (AvgIpc) is 3.11. The standard InChI is InChI=1S/C13H10N4O/c18-8-10-3-9(11-4-14-15-5-11)1-2-13(10)12-6-16-17-7-12/h1-8H,(H,14,15)(H,16,17). The van der Waals surface area contributed by atoms with Crippen LogP contribution in [0.1, 0.15) is 10.4 Å². The summed E-state index contributed by atoms with van der Waals surface area (Å²) in [7, 11) is 0. The number of carbonyl (C=O) groups excluding carboxylic acids is 1. The summed E-state index contributed by atoms with van der Waals surface area (Å²) < 4.78 is 0. The van der Waals surface area contributed by atoms with Gasteiger partial charge >= 0.3 is 0 Å². The van der Waals surface area contributed by atoms with Crippen molar-refractivity contribution in [3.63, 3.8) is 0 Å². The van der Waals surface area contributed by atoms with E-state index in [2.05, 4.69) is 20.4 Å². The van der Waals surface area contributed by atoms with E-state index in [9.17, 15) is 4.79 Å². The van der Waals surface area contributed by atoms with E-state index < -0.39 is 0 Å². The molecule has 0 unspecified atom stereocenters. The Bertz CT molecular complexity index is 656. The van der Waals surface area contributed by atoms with Gasteiger partial charge in [-0.2, -0.15) is 10.2 Å². The summed E-state index contributed by atoms with van der Waals surface area (Å²) in [6.07, 6.45) is 7.83. The van der Waals surface area contributed by atoms with E-state index >= 15 is 0 Å². The fourth-order valence-corrected chi connectivity index (χ4v) is 1.91. The molecule has 2 heterocycles. The lowest BCUT2D eigenvalue weighted by Crippen LogP contribution is -1.87. The lowest BCUT2D eigenvalue weighted by atomic mass is 9.98. The van der Waals surface area contributed by atoms with Crippen molar-refractivity contribution in [2.75, 3.05) is 0 Å². The second kappa shape index (κ2) is 4.29. The molecule has 5 nitrogen and oxygen atoms in total. The van der Waals surface area contributed by atoms with Crippen LogP contribution in [0.2, 0.25) is 0 Å². The topological polar surface area (TPSA) is 74.4 Å². The van der Waals surface area contributed by atoms with Gasteiger partial charge in [0.05, 0.1) is 12.4 Å². The van der Waals surface area contributed by atoms with Gasteiger partial charge in [-0.25, -0.2) is 0 Å². The molecule has 2 aromatic heterocycles. The Morgan fingerprint density at radius 1 is 0.944 bits per heavy atom. The minimum atomic E-state index is 0.634. The summed E-state index contributed by atoms with van der Waals surface area (Å²) >= 11 is 0. The molecule has 0 radical (unpaired) electrons. The van der Waals surface area contributed by atoms with Crippen LogP contribution in [0.3, 0.4) is 0 Å². The summed E-state index contributed by atoms with van der Waals surface area (Å²) in [4.78, 5) is 11.2. The molecule has 3 aromatic rings. The fourth-order valence-electron chi connectivity index (χ4n) is 1.91. The molecule has 0 amide bonds. The number of H-pyrrole nitrogens is 2. The van der Waals surface area contributed by atoms with Crippen molar-refractivity contribution >= 4 is 6.29 Å². The van der Waals surface area contributed by atoms with Crippen LogP contribution < -0.4 is 0 Å². The van der Waals surface area contributed by atoms with Gasteiger partial charge in [-0.15, -0.1) is 0 Å². The van der Waals surface area contributed by atoms with Gasteiger partial charge in [0, 0.05) is 29.1 Å². The summed E-state index contributed by atoms with van der Waals surface area (Å²) in [5, 5.41) is 13.3. The second-order valence-electron chi connectivity index (χ2n) is 3.89. The summed E-state index contributed by atoms with van der Waals surface area (Å²) in [6, 6.07) is 5.72. The van der Waals surface area contributed by atoms with Crippen molar-refractivity contribution in [1.29, 1.82) is 0 Å². The number of hydrogen-bond acceptors (Lipinski definition) is 3. The van der Waals surface area contributed by atoms with Crippen molar-refractivity contribution in [3.05, 3.63) is 48.5 Å². The first kappa shape index (κ1) is 10.5. The summed E-state index contributed by atoms with van der Waals surface area (Å²) in [5.74, 6) is 0. The van der Waals surface area contributed by atoms with E-state index in [0.717, 1.165) is 28.5 Å². The van der Waals surface area contributed by atoms with Crippen LogP contribution in [0.25, 0.3) is 22.3 Å². The Labute approximate surface area is 103 Å². The van der Waals surface area contributed by atoms with E-state index in [0.29, 0.717) is 5.56 Å². The van der Waals surface area contributed by atoms with Gasteiger partial charge in [-0.3, -0.25) is 15.0 Å². The molecule has 0 aliphatic heterocycles. The minimum Gasteiger partial charge on any atom is -0.298 e. The van der Waals surface area contributed by atoms with Crippen LogP contribution in [0.15, 0.2) is 43.0 Å². The van der Waals surface area contributed by atoms with Crippen LogP contribution >= 0.6 is 0 Å². The number of carbonyl (C=O) groups is 1. The second-order valence-corrected chi connectivity index (χ2v) is 3.89. The molecule has 0 bridgehead atoms. The molecule has 3 rings (SSSR count). The number of hydrogen-bond donors (Lipinski definition) is 2. The first-order valence-corrected chi connectivity index (χ1v) is 5.46. The van der Waals surface area contributed by atoms with Crippen LogP contribution in [0, 0.1) is 0 Å². The highest BCUT2D eigenvalue weighted by atomic mass is 16.1. The molecule has 88 valence electrons. The van der Waals surface area contributed by atoms with Gasteiger partial charge in [0.1, 0.15) is 0 Å². The number of aromatic nitrogens is 4. The van der Waals surface area contributed by atoms with Crippen molar-refractivity contribution in [2.24, 2.45) is 0 Å². The molecule has 1 aromatic carbocycles. The number of rotatable bonds is 3. The van der Waals surface area contributed by atoms with Crippen molar-refractivity contribution in [1.82, 2.24) is 20.4 Å². The van der Waals surface area contributed by atoms with Crippen molar-refractivity contribution < 1.29 is 4.79 Å². The smallest absolute Gasteiger partial charge is 0.150 e. The molecule has 0 aliphatic rings. The third-order valence-electron chi connectivity index (χ3n) is 2.82. The van der Waals surface area contributed by atoms with Crippen molar-refractivity contribution in [3.8, 4) is 22.3 Å². The predicted octanol–water partition coefficient (Wildman–Crippen LogP) is 2.28. The highest BCUT2D eigenvalue weighted by Gasteiger charge is 2.08. The van der Waals surface area contributed by atoms with Gasteiger partial charge in [-0.05, 0) is 17.2 Å². The normalized spacial score (nSPS) is 10.4. The molecule has 0 spiro atoms. The fraction of sp³-hybridized carbons (Fsp3) is 0. The summed E-state index contributed by atoms with van der Waals surface area (Å²) in [6.45, 7) is 0. The minimum absolute atomic E-state index is 0.634. The van der Waals surface area contributed by atoms with Gasteiger partial charge < -0.3 is 0 Å². The predicted molar refractivity (Wildman–Crippen MR) is 67.0 cm³/mol. The third-order valence-corrected chi connectivity index (χ3v) is 2.82. The van der Waals surface area contributed by atoms with Crippen LogP contribution in [-0.2, 0) is 0 Å². The van der Waals surface area contributed by atoms with Crippen LogP contribution in [-0.4, -0.2) is 26.7 Å². The molecule has 0 fully saturated rings. The van der Waals surface area contributed by atoms with Crippen LogP contribution in [0.5, 0.6) is 0 Å². The number of nitrogens with one attached hydrogen (secondary N) is 2. The zero-order valence-corrected chi connectivity index (χ0v) is 9.42. The van der Waals surface area contributed by atoms with Crippen LogP contribution in [0.4, 0.5) is 0 Å². The lowest BCUT2D eigenvalue weighted by Gasteiger charge is -2.04. The average molecular weight is 238 g/mol. The molecular weight excluding hydrogens is 228 g/mol. The monoisotopic (exact) mass is 238 g/mol. The SMILES string of the molecule is O=Cc1cc(-c2cn[nH]c2)ccc1-c1cn[nH]c1. The Balaban J connectivity index is 2.11. The number of benzene rings is 1. The molecule has 0 atom stereocenters. The Morgan fingerprint density at radius 2 is 1.67 bits per heavy atom. The lowest BCUT2D eigenvalue weighted by molar-refractivity contribution is 0.112. The highest BCUT2D eigenvalue weighted by Crippen LogP contribution is 2.26. The van der Waals surface area contributed by atoms with Gasteiger partial charge in [0.2, 0.25) is 0 Å². The molecule has 5 heteroatoms. The quantitative estimate of drug-likeness (QED) is 0.687. The molecular formula is C13H10N4O. The summed E-state index contributed by atoms with van der Waals surface area (Å²) in [5.41, 5.74) is 4.31.